The van der Waals surface area contributed by atoms with Gasteiger partial charge in [0.1, 0.15) is 5.82 Å². The van der Waals surface area contributed by atoms with Gasteiger partial charge in [0, 0.05) is 6.42 Å². The third-order valence-electron chi connectivity index (χ3n) is 2.57. The zero-order chi connectivity index (χ0) is 12.1. The monoisotopic (exact) mass is 223 g/mol. The second-order valence-corrected chi connectivity index (χ2v) is 4.11. The summed E-state index contributed by atoms with van der Waals surface area (Å²) in [5.74, 6) is -0.529. The third kappa shape index (κ3) is 3.14. The summed E-state index contributed by atoms with van der Waals surface area (Å²) in [4.78, 5) is 11.8. The molecule has 1 aromatic rings. The molecule has 0 saturated carbocycles. The Morgan fingerprint density at radius 3 is 2.56 bits per heavy atom. The van der Waals surface area contributed by atoms with E-state index in [1.165, 1.54) is 6.07 Å². The number of Topliss-reactive ketones (excluding diaryl/α,β-unsaturated/α-hetero) is 1. The van der Waals surface area contributed by atoms with Crippen LogP contribution < -0.4 is 5.73 Å². The molecule has 1 rings (SSSR count). The van der Waals surface area contributed by atoms with Gasteiger partial charge >= 0.3 is 0 Å². The number of carbonyl (C=O) groups is 1. The summed E-state index contributed by atoms with van der Waals surface area (Å²) in [6.07, 6.45) is 1.90. The normalized spacial score (nSPS) is 10.5. The number of aryl methyl sites for hydroxylation is 2. The van der Waals surface area contributed by atoms with Crippen LogP contribution in [0.15, 0.2) is 12.1 Å². The number of benzene rings is 1. The highest BCUT2D eigenvalue weighted by Crippen LogP contribution is 2.18. The molecule has 16 heavy (non-hydrogen) atoms. The first-order valence-corrected chi connectivity index (χ1v) is 5.56. The highest BCUT2D eigenvalue weighted by atomic mass is 19.1. The molecule has 0 aliphatic rings. The van der Waals surface area contributed by atoms with Gasteiger partial charge in [-0.15, -0.1) is 0 Å². The van der Waals surface area contributed by atoms with Crippen molar-refractivity contribution < 1.29 is 9.18 Å². The van der Waals surface area contributed by atoms with Crippen LogP contribution in [0, 0.1) is 19.7 Å². The van der Waals surface area contributed by atoms with Gasteiger partial charge in [0.25, 0.3) is 0 Å². The van der Waals surface area contributed by atoms with Crippen molar-refractivity contribution in [2.75, 3.05) is 6.54 Å². The standard InChI is InChI=1S/C13H18FNO/c1-9-7-10(2)13(11(14)8-9)12(16)5-3-4-6-15/h7-8H,3-6,15H2,1-2H3. The lowest BCUT2D eigenvalue weighted by molar-refractivity contribution is 0.0975. The van der Waals surface area contributed by atoms with Crippen molar-refractivity contribution in [3.05, 3.63) is 34.6 Å². The van der Waals surface area contributed by atoms with Gasteiger partial charge < -0.3 is 5.73 Å². The van der Waals surface area contributed by atoms with Gasteiger partial charge in [-0.3, -0.25) is 4.79 Å². The van der Waals surface area contributed by atoms with Crippen molar-refractivity contribution in [3.63, 3.8) is 0 Å². The number of ketones is 1. The minimum atomic E-state index is -0.407. The molecule has 3 heteroatoms. The highest BCUT2D eigenvalue weighted by molar-refractivity contribution is 5.97. The van der Waals surface area contributed by atoms with Crippen LogP contribution in [0.3, 0.4) is 0 Å². The number of nitrogens with two attached hydrogens (primary N) is 1. The van der Waals surface area contributed by atoms with Gasteiger partial charge in [-0.1, -0.05) is 6.07 Å². The molecular formula is C13H18FNO. The molecule has 0 aliphatic carbocycles. The van der Waals surface area contributed by atoms with Crippen LogP contribution in [0.1, 0.15) is 40.7 Å². The molecule has 0 fully saturated rings. The lowest BCUT2D eigenvalue weighted by Gasteiger charge is -2.07. The number of hydrogen-bond donors (Lipinski definition) is 1. The first-order chi connectivity index (χ1) is 7.56. The SMILES string of the molecule is Cc1cc(C)c(C(=O)CCCCN)c(F)c1. The van der Waals surface area contributed by atoms with Gasteiger partial charge in [-0.25, -0.2) is 4.39 Å². The Labute approximate surface area is 95.7 Å². The van der Waals surface area contributed by atoms with Crippen molar-refractivity contribution in [1.82, 2.24) is 0 Å². The van der Waals surface area contributed by atoms with E-state index in [0.717, 1.165) is 24.0 Å². The molecule has 0 radical (unpaired) electrons. The molecule has 88 valence electrons. The Hall–Kier alpha value is -1.22. The van der Waals surface area contributed by atoms with Crippen LogP contribution >= 0.6 is 0 Å². The molecule has 0 heterocycles. The van der Waals surface area contributed by atoms with Crippen molar-refractivity contribution >= 4 is 5.78 Å². The number of rotatable bonds is 5. The molecule has 0 aromatic heterocycles. The summed E-state index contributed by atoms with van der Waals surface area (Å²) in [5.41, 5.74) is 7.15. The van der Waals surface area contributed by atoms with E-state index in [-0.39, 0.29) is 11.3 Å². The molecule has 0 spiro atoms. The molecule has 0 aliphatic heterocycles. The van der Waals surface area contributed by atoms with Gasteiger partial charge in [-0.2, -0.15) is 0 Å². The Morgan fingerprint density at radius 2 is 2.00 bits per heavy atom. The average molecular weight is 223 g/mol. The molecule has 0 atom stereocenters. The van der Waals surface area contributed by atoms with Gasteiger partial charge in [0.2, 0.25) is 0 Å². The molecule has 0 bridgehead atoms. The van der Waals surface area contributed by atoms with E-state index >= 15 is 0 Å². The summed E-state index contributed by atoms with van der Waals surface area (Å²) >= 11 is 0. The van der Waals surface area contributed by atoms with Crippen LogP contribution in [-0.4, -0.2) is 12.3 Å². The maximum absolute atomic E-state index is 13.6. The van der Waals surface area contributed by atoms with Crippen molar-refractivity contribution in [2.45, 2.75) is 33.1 Å². The minimum Gasteiger partial charge on any atom is -0.330 e. The first kappa shape index (κ1) is 12.8. The van der Waals surface area contributed by atoms with Crippen molar-refractivity contribution in [1.29, 1.82) is 0 Å². The lowest BCUT2D eigenvalue weighted by atomic mass is 9.98. The third-order valence-corrected chi connectivity index (χ3v) is 2.57. The second kappa shape index (κ2) is 5.75. The van der Waals surface area contributed by atoms with Gasteiger partial charge in [-0.05, 0) is 50.4 Å². The van der Waals surface area contributed by atoms with E-state index in [1.54, 1.807) is 6.92 Å². The summed E-state index contributed by atoms with van der Waals surface area (Å²) in [6, 6.07) is 3.24. The van der Waals surface area contributed by atoms with Crippen molar-refractivity contribution in [3.8, 4) is 0 Å². The molecule has 2 N–H and O–H groups in total. The molecule has 2 nitrogen and oxygen atoms in total. The molecule has 0 unspecified atom stereocenters. The smallest absolute Gasteiger partial charge is 0.166 e. The Morgan fingerprint density at radius 1 is 1.31 bits per heavy atom. The number of carbonyl (C=O) groups excluding carboxylic acids is 1. The van der Waals surface area contributed by atoms with Gasteiger partial charge in [0.15, 0.2) is 5.78 Å². The number of halogens is 1. The lowest BCUT2D eigenvalue weighted by Crippen LogP contribution is -2.07. The summed E-state index contributed by atoms with van der Waals surface area (Å²) in [7, 11) is 0. The van der Waals surface area contributed by atoms with E-state index < -0.39 is 5.82 Å². The van der Waals surface area contributed by atoms with Crippen LogP contribution in [0.4, 0.5) is 4.39 Å². The van der Waals surface area contributed by atoms with Crippen LogP contribution in [0.25, 0.3) is 0 Å². The predicted molar refractivity (Wildman–Crippen MR) is 63.1 cm³/mol. The van der Waals surface area contributed by atoms with Crippen LogP contribution in [0.5, 0.6) is 0 Å². The fourth-order valence-corrected chi connectivity index (χ4v) is 1.82. The van der Waals surface area contributed by atoms with E-state index in [4.69, 9.17) is 5.73 Å². The quantitative estimate of drug-likeness (QED) is 0.616. The second-order valence-electron chi connectivity index (χ2n) is 4.11. The van der Waals surface area contributed by atoms with E-state index in [0.29, 0.717) is 13.0 Å². The van der Waals surface area contributed by atoms with Gasteiger partial charge in [0.05, 0.1) is 5.56 Å². The van der Waals surface area contributed by atoms with E-state index in [1.807, 2.05) is 13.0 Å². The number of unbranched alkanes of at least 4 members (excludes halogenated alkanes) is 1. The predicted octanol–water partition coefficient (Wildman–Crippen LogP) is 2.75. The average Bonchev–Trinajstić information content (AvgIpc) is 2.16. The summed E-state index contributed by atoms with van der Waals surface area (Å²) in [5, 5.41) is 0. The summed E-state index contributed by atoms with van der Waals surface area (Å²) in [6.45, 7) is 4.16. The van der Waals surface area contributed by atoms with E-state index in [9.17, 15) is 9.18 Å². The zero-order valence-corrected chi connectivity index (χ0v) is 9.85. The fourth-order valence-electron chi connectivity index (χ4n) is 1.82. The Bertz CT molecular complexity index is 365. The maximum atomic E-state index is 13.6. The maximum Gasteiger partial charge on any atom is 0.166 e. The summed E-state index contributed by atoms with van der Waals surface area (Å²) < 4.78 is 13.6. The van der Waals surface area contributed by atoms with Crippen LogP contribution in [-0.2, 0) is 0 Å². The molecule has 0 amide bonds. The molecule has 0 saturated heterocycles. The first-order valence-electron chi connectivity index (χ1n) is 5.56. The Balaban J connectivity index is 2.83. The van der Waals surface area contributed by atoms with E-state index in [2.05, 4.69) is 0 Å². The topological polar surface area (TPSA) is 43.1 Å². The molecule has 1 aromatic carbocycles. The van der Waals surface area contributed by atoms with Crippen molar-refractivity contribution in [2.24, 2.45) is 5.73 Å². The zero-order valence-electron chi connectivity index (χ0n) is 9.85. The fraction of sp³-hybridized carbons (Fsp3) is 0.462. The minimum absolute atomic E-state index is 0.122. The highest BCUT2D eigenvalue weighted by Gasteiger charge is 2.14. The number of hydrogen-bond acceptors (Lipinski definition) is 2. The largest absolute Gasteiger partial charge is 0.330 e. The Kier molecular flexibility index (Phi) is 4.62. The van der Waals surface area contributed by atoms with Crippen LogP contribution in [0.2, 0.25) is 0 Å². The molecular weight excluding hydrogens is 205 g/mol.